The van der Waals surface area contributed by atoms with Crippen LogP contribution in [-0.2, 0) is 16.1 Å². The number of benzene rings is 1. The fourth-order valence-corrected chi connectivity index (χ4v) is 2.64. The molecular formula is C15H20N2O4. The molecular weight excluding hydrogens is 272 g/mol. The summed E-state index contributed by atoms with van der Waals surface area (Å²) in [5.41, 5.74) is 1.01. The lowest BCUT2D eigenvalue weighted by atomic mass is 10.1. The van der Waals surface area contributed by atoms with Crippen LogP contribution >= 0.6 is 0 Å². The summed E-state index contributed by atoms with van der Waals surface area (Å²) >= 11 is 0. The summed E-state index contributed by atoms with van der Waals surface area (Å²) in [4.78, 5) is 14.2. The molecule has 1 aromatic carbocycles. The maximum atomic E-state index is 12.5. The molecule has 114 valence electrons. The molecule has 1 saturated heterocycles. The van der Waals surface area contributed by atoms with Crippen molar-refractivity contribution in [2.45, 2.75) is 25.6 Å². The van der Waals surface area contributed by atoms with Crippen LogP contribution in [-0.4, -0.2) is 49.9 Å². The lowest BCUT2D eigenvalue weighted by Gasteiger charge is -2.32. The molecule has 0 spiro atoms. The van der Waals surface area contributed by atoms with Gasteiger partial charge in [-0.25, -0.2) is 0 Å². The van der Waals surface area contributed by atoms with E-state index in [2.05, 4.69) is 5.32 Å². The second kappa shape index (κ2) is 5.91. The Hall–Kier alpha value is -1.79. The number of rotatable bonds is 3. The van der Waals surface area contributed by atoms with E-state index in [1.165, 1.54) is 0 Å². The molecule has 3 rings (SSSR count). The first-order valence-corrected chi connectivity index (χ1v) is 7.13. The zero-order valence-corrected chi connectivity index (χ0v) is 12.3. The fourth-order valence-electron chi connectivity index (χ4n) is 2.64. The molecule has 0 unspecified atom stereocenters. The molecule has 1 fully saturated rings. The standard InChI is InChI=1S/C15H20N2O4/c1-10-14(16-5-6-19-10)15(18)17(2)8-11-3-4-12-13(7-11)21-9-20-12/h3-4,7,10,14,16H,5-6,8-9H2,1-2H3/t10-,14+/m1/s1. The minimum atomic E-state index is -0.280. The predicted molar refractivity (Wildman–Crippen MR) is 76.2 cm³/mol. The largest absolute Gasteiger partial charge is 0.454 e. The fraction of sp³-hybridized carbons (Fsp3) is 0.533. The number of likely N-dealkylation sites (N-methyl/N-ethyl adjacent to an activating group) is 1. The summed E-state index contributed by atoms with van der Waals surface area (Å²) < 4.78 is 16.2. The van der Waals surface area contributed by atoms with E-state index in [9.17, 15) is 4.79 Å². The van der Waals surface area contributed by atoms with Gasteiger partial charge in [-0.2, -0.15) is 0 Å². The molecule has 21 heavy (non-hydrogen) atoms. The highest BCUT2D eigenvalue weighted by molar-refractivity contribution is 5.82. The smallest absolute Gasteiger partial charge is 0.242 e. The number of ether oxygens (including phenoxy) is 3. The molecule has 1 aromatic rings. The van der Waals surface area contributed by atoms with Crippen molar-refractivity contribution in [2.24, 2.45) is 0 Å². The van der Waals surface area contributed by atoms with Crippen LogP contribution in [0.5, 0.6) is 11.5 Å². The van der Waals surface area contributed by atoms with E-state index in [4.69, 9.17) is 14.2 Å². The van der Waals surface area contributed by atoms with E-state index >= 15 is 0 Å². The van der Waals surface area contributed by atoms with Gasteiger partial charge < -0.3 is 24.4 Å². The van der Waals surface area contributed by atoms with Gasteiger partial charge in [0.2, 0.25) is 12.7 Å². The summed E-state index contributed by atoms with van der Waals surface area (Å²) in [6, 6.07) is 5.46. The number of fused-ring (bicyclic) bond motifs is 1. The van der Waals surface area contributed by atoms with Gasteiger partial charge in [0, 0.05) is 20.1 Å². The zero-order valence-electron chi connectivity index (χ0n) is 12.3. The van der Waals surface area contributed by atoms with Gasteiger partial charge in [-0.05, 0) is 24.6 Å². The summed E-state index contributed by atoms with van der Waals surface area (Å²) in [5.74, 6) is 1.53. The highest BCUT2D eigenvalue weighted by Crippen LogP contribution is 2.32. The van der Waals surface area contributed by atoms with Crippen molar-refractivity contribution < 1.29 is 19.0 Å². The first kappa shape index (κ1) is 14.2. The Kier molecular flexibility index (Phi) is 3.98. The third-order valence-corrected chi connectivity index (χ3v) is 3.82. The van der Waals surface area contributed by atoms with Crippen molar-refractivity contribution in [1.29, 1.82) is 0 Å². The Balaban J connectivity index is 1.65. The lowest BCUT2D eigenvalue weighted by Crippen LogP contribution is -2.55. The topological polar surface area (TPSA) is 60.0 Å². The average molecular weight is 292 g/mol. The molecule has 2 aliphatic rings. The Bertz CT molecular complexity index is 534. The molecule has 2 heterocycles. The Morgan fingerprint density at radius 3 is 3.00 bits per heavy atom. The van der Waals surface area contributed by atoms with Gasteiger partial charge in [-0.3, -0.25) is 4.79 Å². The number of carbonyl (C=O) groups is 1. The van der Waals surface area contributed by atoms with E-state index in [1.54, 1.807) is 11.9 Å². The van der Waals surface area contributed by atoms with E-state index < -0.39 is 0 Å². The van der Waals surface area contributed by atoms with E-state index in [0.717, 1.165) is 17.1 Å². The quantitative estimate of drug-likeness (QED) is 0.891. The number of nitrogens with one attached hydrogen (secondary N) is 1. The van der Waals surface area contributed by atoms with Crippen LogP contribution in [0.1, 0.15) is 12.5 Å². The van der Waals surface area contributed by atoms with Crippen LogP contribution in [0.25, 0.3) is 0 Å². The van der Waals surface area contributed by atoms with Crippen molar-refractivity contribution in [3.8, 4) is 11.5 Å². The number of hydrogen-bond acceptors (Lipinski definition) is 5. The summed E-state index contributed by atoms with van der Waals surface area (Å²) in [6.45, 7) is 4.06. The van der Waals surface area contributed by atoms with Crippen LogP contribution < -0.4 is 14.8 Å². The summed E-state index contributed by atoms with van der Waals surface area (Å²) in [5, 5.41) is 3.22. The summed E-state index contributed by atoms with van der Waals surface area (Å²) in [7, 11) is 1.80. The second-order valence-corrected chi connectivity index (χ2v) is 5.39. The van der Waals surface area contributed by atoms with Crippen LogP contribution in [0.15, 0.2) is 18.2 Å². The monoisotopic (exact) mass is 292 g/mol. The Morgan fingerprint density at radius 2 is 2.19 bits per heavy atom. The highest BCUT2D eigenvalue weighted by Gasteiger charge is 2.30. The minimum Gasteiger partial charge on any atom is -0.454 e. The van der Waals surface area contributed by atoms with Crippen LogP contribution in [0.2, 0.25) is 0 Å². The number of morpholine rings is 1. The highest BCUT2D eigenvalue weighted by atomic mass is 16.7. The van der Waals surface area contributed by atoms with Crippen molar-refractivity contribution >= 4 is 5.91 Å². The van der Waals surface area contributed by atoms with Crippen molar-refractivity contribution in [1.82, 2.24) is 10.2 Å². The van der Waals surface area contributed by atoms with Crippen molar-refractivity contribution in [2.75, 3.05) is 27.0 Å². The van der Waals surface area contributed by atoms with Gasteiger partial charge in [0.15, 0.2) is 11.5 Å². The molecule has 0 radical (unpaired) electrons. The molecule has 1 amide bonds. The average Bonchev–Trinajstić information content (AvgIpc) is 2.94. The first-order valence-electron chi connectivity index (χ1n) is 7.13. The molecule has 1 N–H and O–H groups in total. The van der Waals surface area contributed by atoms with Gasteiger partial charge in [-0.15, -0.1) is 0 Å². The number of hydrogen-bond donors (Lipinski definition) is 1. The Labute approximate surface area is 124 Å². The van der Waals surface area contributed by atoms with E-state index in [-0.39, 0.29) is 24.8 Å². The van der Waals surface area contributed by atoms with Gasteiger partial charge in [0.25, 0.3) is 0 Å². The van der Waals surface area contributed by atoms with Gasteiger partial charge >= 0.3 is 0 Å². The van der Waals surface area contributed by atoms with Gasteiger partial charge in [0.05, 0.1) is 12.7 Å². The third kappa shape index (κ3) is 2.96. The molecule has 0 aliphatic carbocycles. The van der Waals surface area contributed by atoms with Crippen molar-refractivity contribution in [3.63, 3.8) is 0 Å². The maximum Gasteiger partial charge on any atom is 0.242 e. The molecule has 6 heteroatoms. The van der Waals surface area contributed by atoms with Crippen LogP contribution in [0.4, 0.5) is 0 Å². The van der Waals surface area contributed by atoms with Gasteiger partial charge in [-0.1, -0.05) is 6.07 Å². The molecule has 2 aliphatic heterocycles. The normalized spacial score (nSPS) is 23.9. The molecule has 6 nitrogen and oxygen atoms in total. The SMILES string of the molecule is C[C@H]1OCCN[C@@H]1C(=O)N(C)Cc1ccc2c(c1)OCO2. The van der Waals surface area contributed by atoms with Gasteiger partial charge in [0.1, 0.15) is 6.04 Å². The molecule has 2 atom stereocenters. The number of carbonyl (C=O) groups excluding carboxylic acids is 1. The van der Waals surface area contributed by atoms with E-state index in [1.807, 2.05) is 25.1 Å². The predicted octanol–water partition coefficient (Wildman–Crippen LogP) is 0.751. The number of amides is 1. The molecule has 0 aromatic heterocycles. The third-order valence-electron chi connectivity index (χ3n) is 3.82. The lowest BCUT2D eigenvalue weighted by molar-refractivity contribution is -0.138. The van der Waals surface area contributed by atoms with E-state index in [0.29, 0.717) is 19.7 Å². The van der Waals surface area contributed by atoms with Crippen LogP contribution in [0, 0.1) is 0 Å². The minimum absolute atomic E-state index is 0.0415. The Morgan fingerprint density at radius 1 is 1.38 bits per heavy atom. The molecule has 0 bridgehead atoms. The maximum absolute atomic E-state index is 12.5. The van der Waals surface area contributed by atoms with Crippen LogP contribution in [0.3, 0.4) is 0 Å². The van der Waals surface area contributed by atoms with Crippen molar-refractivity contribution in [3.05, 3.63) is 23.8 Å². The first-order chi connectivity index (χ1) is 10.1. The summed E-state index contributed by atoms with van der Waals surface area (Å²) in [6.07, 6.45) is -0.106. The second-order valence-electron chi connectivity index (χ2n) is 5.39. The zero-order chi connectivity index (χ0) is 14.8. The number of nitrogens with zero attached hydrogens (tertiary/aromatic N) is 1. The molecule has 0 saturated carbocycles.